The smallest absolute Gasteiger partial charge is 0.294 e. The molecule has 0 amide bonds. The van der Waals surface area contributed by atoms with Crippen LogP contribution < -0.4 is 5.56 Å². The monoisotopic (exact) mass is 277 g/mol. The zero-order valence-corrected chi connectivity index (χ0v) is 10.8. The van der Waals surface area contributed by atoms with Crippen LogP contribution in [0.2, 0.25) is 0 Å². The summed E-state index contributed by atoms with van der Waals surface area (Å²) in [7, 11) is 0. The molecule has 0 atom stereocenters. The molecule has 1 aliphatic heterocycles. The van der Waals surface area contributed by atoms with Gasteiger partial charge >= 0.3 is 0 Å². The minimum absolute atomic E-state index is 0.122. The number of rotatable bonds is 4. The first-order valence-electron chi connectivity index (χ1n) is 5.70. The van der Waals surface area contributed by atoms with Crippen molar-refractivity contribution < 1.29 is 14.3 Å². The Hall–Kier alpha value is -1.92. The molecule has 6 heteroatoms. The maximum Gasteiger partial charge on any atom is 0.294 e. The summed E-state index contributed by atoms with van der Waals surface area (Å²) in [5.41, 5.74) is 0.686. The van der Waals surface area contributed by atoms with Gasteiger partial charge in [-0.3, -0.25) is 14.2 Å². The highest BCUT2D eigenvalue weighted by molar-refractivity contribution is 7.08. The predicted octanol–water partition coefficient (Wildman–Crippen LogP) is 1.30. The van der Waals surface area contributed by atoms with Crippen molar-refractivity contribution in [3.05, 3.63) is 51.1 Å². The molecule has 2 aromatic rings. The lowest BCUT2D eigenvalue weighted by molar-refractivity contribution is -0.207. The number of pyridine rings is 1. The zero-order valence-electron chi connectivity index (χ0n) is 9.94. The van der Waals surface area contributed by atoms with E-state index in [9.17, 15) is 9.59 Å². The van der Waals surface area contributed by atoms with E-state index in [0.717, 1.165) is 11.3 Å². The van der Waals surface area contributed by atoms with Gasteiger partial charge in [0, 0.05) is 23.2 Å². The second-order valence-corrected chi connectivity index (χ2v) is 5.09. The Balaban J connectivity index is 2.07. The van der Waals surface area contributed by atoms with E-state index < -0.39 is 5.60 Å². The molecule has 0 aliphatic carbocycles. The van der Waals surface area contributed by atoms with Crippen molar-refractivity contribution in [1.82, 2.24) is 4.57 Å². The third-order valence-corrected chi connectivity index (χ3v) is 3.84. The van der Waals surface area contributed by atoms with E-state index in [2.05, 4.69) is 0 Å². The van der Waals surface area contributed by atoms with Crippen LogP contribution in [0, 0.1) is 0 Å². The van der Waals surface area contributed by atoms with E-state index in [1.165, 1.54) is 17.4 Å². The van der Waals surface area contributed by atoms with Crippen LogP contribution in [0.5, 0.6) is 0 Å². The second kappa shape index (κ2) is 4.64. The normalized spacial score (nSPS) is 16.6. The molecule has 3 rings (SSSR count). The van der Waals surface area contributed by atoms with Gasteiger partial charge < -0.3 is 9.47 Å². The SMILES string of the molecule is O=COC1(c2ccc(=O)n(-c3ccsc3)c2)COC1. The van der Waals surface area contributed by atoms with Crippen molar-refractivity contribution in [2.24, 2.45) is 0 Å². The Morgan fingerprint density at radius 3 is 2.79 bits per heavy atom. The fourth-order valence-corrected chi connectivity index (χ4v) is 2.66. The molecule has 2 aromatic heterocycles. The standard InChI is InChI=1S/C13H11NO4S/c15-9-18-13(7-17-8-13)10-1-2-12(16)14(5-10)11-3-4-19-6-11/h1-6,9H,7-8H2. The van der Waals surface area contributed by atoms with Crippen molar-refractivity contribution >= 4 is 17.8 Å². The lowest BCUT2D eigenvalue weighted by atomic mass is 9.93. The van der Waals surface area contributed by atoms with E-state index in [0.29, 0.717) is 19.7 Å². The molecule has 1 saturated heterocycles. The number of hydrogen-bond acceptors (Lipinski definition) is 5. The highest BCUT2D eigenvalue weighted by Crippen LogP contribution is 2.32. The van der Waals surface area contributed by atoms with E-state index in [-0.39, 0.29) is 5.56 Å². The van der Waals surface area contributed by atoms with E-state index in [1.807, 2.05) is 16.8 Å². The summed E-state index contributed by atoms with van der Waals surface area (Å²) in [6.07, 6.45) is 1.70. The summed E-state index contributed by atoms with van der Waals surface area (Å²) in [6.45, 7) is 1.05. The minimum atomic E-state index is -0.757. The Morgan fingerprint density at radius 1 is 1.37 bits per heavy atom. The van der Waals surface area contributed by atoms with E-state index >= 15 is 0 Å². The van der Waals surface area contributed by atoms with Crippen molar-refractivity contribution in [3.8, 4) is 5.69 Å². The van der Waals surface area contributed by atoms with Crippen molar-refractivity contribution in [1.29, 1.82) is 0 Å². The predicted molar refractivity (Wildman–Crippen MR) is 69.6 cm³/mol. The van der Waals surface area contributed by atoms with Gasteiger partial charge in [0.05, 0.1) is 18.9 Å². The summed E-state index contributed by atoms with van der Waals surface area (Å²) >= 11 is 1.51. The number of carbonyl (C=O) groups is 1. The Morgan fingerprint density at radius 2 is 2.21 bits per heavy atom. The van der Waals surface area contributed by atoms with Crippen LogP contribution in [0.4, 0.5) is 0 Å². The topological polar surface area (TPSA) is 57.5 Å². The second-order valence-electron chi connectivity index (χ2n) is 4.31. The number of aromatic nitrogens is 1. The van der Waals surface area contributed by atoms with Gasteiger partial charge in [0.1, 0.15) is 0 Å². The third kappa shape index (κ3) is 1.98. The molecule has 98 valence electrons. The number of thiophene rings is 1. The minimum Gasteiger partial charge on any atom is -0.451 e. The lowest BCUT2D eigenvalue weighted by Crippen LogP contribution is -2.49. The van der Waals surface area contributed by atoms with Crippen LogP contribution in [0.1, 0.15) is 5.56 Å². The molecule has 5 nitrogen and oxygen atoms in total. The first kappa shape index (κ1) is 12.1. The Labute approximate surface area is 113 Å². The molecule has 0 spiro atoms. The van der Waals surface area contributed by atoms with Gasteiger partial charge in [-0.2, -0.15) is 11.3 Å². The van der Waals surface area contributed by atoms with Crippen LogP contribution in [0.25, 0.3) is 5.69 Å². The van der Waals surface area contributed by atoms with E-state index in [1.54, 1.807) is 16.8 Å². The summed E-state index contributed by atoms with van der Waals surface area (Å²) in [5, 5.41) is 3.79. The zero-order chi connectivity index (χ0) is 13.3. The summed E-state index contributed by atoms with van der Waals surface area (Å²) in [4.78, 5) is 22.5. The molecule has 0 bridgehead atoms. The first-order valence-corrected chi connectivity index (χ1v) is 6.64. The molecule has 3 heterocycles. The summed E-state index contributed by atoms with van der Waals surface area (Å²) in [5.74, 6) is 0. The van der Waals surface area contributed by atoms with Crippen molar-refractivity contribution in [2.75, 3.05) is 13.2 Å². The van der Waals surface area contributed by atoms with Gasteiger partial charge in [0.2, 0.25) is 0 Å². The molecule has 0 unspecified atom stereocenters. The molecule has 0 radical (unpaired) electrons. The Bertz CT molecular complexity index is 643. The summed E-state index contributed by atoms with van der Waals surface area (Å²) < 4.78 is 11.8. The molecule has 0 aromatic carbocycles. The highest BCUT2D eigenvalue weighted by atomic mass is 32.1. The van der Waals surface area contributed by atoms with Crippen LogP contribution in [-0.2, 0) is 19.9 Å². The van der Waals surface area contributed by atoms with Gasteiger partial charge in [-0.15, -0.1) is 0 Å². The highest BCUT2D eigenvalue weighted by Gasteiger charge is 2.43. The fraction of sp³-hybridized carbons (Fsp3) is 0.231. The number of carbonyl (C=O) groups excluding carboxylic acids is 1. The number of hydrogen-bond donors (Lipinski definition) is 0. The number of nitrogens with zero attached hydrogens (tertiary/aromatic N) is 1. The van der Waals surface area contributed by atoms with Crippen LogP contribution in [0.3, 0.4) is 0 Å². The van der Waals surface area contributed by atoms with Crippen molar-refractivity contribution in [3.63, 3.8) is 0 Å². The van der Waals surface area contributed by atoms with E-state index in [4.69, 9.17) is 9.47 Å². The molecular formula is C13H11NO4S. The molecule has 0 N–H and O–H groups in total. The van der Waals surface area contributed by atoms with Gasteiger partial charge in [-0.25, -0.2) is 0 Å². The van der Waals surface area contributed by atoms with Crippen LogP contribution in [0.15, 0.2) is 40.0 Å². The average Bonchev–Trinajstić information content (AvgIpc) is 2.88. The van der Waals surface area contributed by atoms with Crippen LogP contribution in [-0.4, -0.2) is 24.3 Å². The van der Waals surface area contributed by atoms with Gasteiger partial charge in [-0.1, -0.05) is 0 Å². The van der Waals surface area contributed by atoms with Gasteiger partial charge in [0.15, 0.2) is 5.60 Å². The molecular weight excluding hydrogens is 266 g/mol. The first-order chi connectivity index (χ1) is 9.25. The van der Waals surface area contributed by atoms with Crippen LogP contribution >= 0.6 is 11.3 Å². The summed E-state index contributed by atoms with van der Waals surface area (Å²) in [6, 6.07) is 5.01. The maximum absolute atomic E-state index is 11.9. The molecule has 19 heavy (non-hydrogen) atoms. The quantitative estimate of drug-likeness (QED) is 0.790. The van der Waals surface area contributed by atoms with Gasteiger partial charge in [-0.05, 0) is 17.5 Å². The fourth-order valence-electron chi connectivity index (χ4n) is 2.04. The third-order valence-electron chi connectivity index (χ3n) is 3.17. The average molecular weight is 277 g/mol. The lowest BCUT2D eigenvalue weighted by Gasteiger charge is -2.39. The molecule has 0 saturated carbocycles. The van der Waals surface area contributed by atoms with Gasteiger partial charge in [0.25, 0.3) is 12.0 Å². The molecule has 1 aliphatic rings. The number of ether oxygens (including phenoxy) is 2. The Kier molecular flexibility index (Phi) is 2.96. The van der Waals surface area contributed by atoms with Crippen molar-refractivity contribution in [2.45, 2.75) is 5.60 Å². The molecule has 1 fully saturated rings. The maximum atomic E-state index is 11.9. The largest absolute Gasteiger partial charge is 0.451 e.